The van der Waals surface area contributed by atoms with Gasteiger partial charge in [0.25, 0.3) is 0 Å². The highest BCUT2D eigenvalue weighted by molar-refractivity contribution is 5.96. The summed E-state index contributed by atoms with van der Waals surface area (Å²) < 4.78 is 0. The number of amides is 1. The number of carbonyl (C=O) groups excluding carboxylic acids is 1. The molecule has 0 spiro atoms. The van der Waals surface area contributed by atoms with Crippen molar-refractivity contribution < 1.29 is 4.79 Å². The van der Waals surface area contributed by atoms with E-state index >= 15 is 0 Å². The first-order valence-electron chi connectivity index (χ1n) is 9.29. The molecule has 0 radical (unpaired) electrons. The van der Waals surface area contributed by atoms with E-state index in [1.54, 1.807) is 12.4 Å². The number of aromatic nitrogens is 3. The summed E-state index contributed by atoms with van der Waals surface area (Å²) in [4.78, 5) is 17.1. The zero-order valence-electron chi connectivity index (χ0n) is 16.0. The van der Waals surface area contributed by atoms with Crippen LogP contribution in [0.5, 0.6) is 0 Å². The van der Waals surface area contributed by atoms with E-state index in [1.165, 1.54) is 0 Å². The Kier molecular flexibility index (Phi) is 5.18. The Morgan fingerprint density at radius 3 is 2.59 bits per heavy atom. The van der Waals surface area contributed by atoms with Gasteiger partial charge in [-0.05, 0) is 47.9 Å². The number of hydrogen-bond donors (Lipinski definition) is 3. The Bertz CT molecular complexity index is 1120. The van der Waals surface area contributed by atoms with Gasteiger partial charge in [-0.25, -0.2) is 0 Å². The van der Waals surface area contributed by atoms with Gasteiger partial charge in [0.05, 0.1) is 11.9 Å². The largest absolute Gasteiger partial charge is 0.324 e. The van der Waals surface area contributed by atoms with E-state index in [0.717, 1.165) is 33.5 Å². The smallest absolute Gasteiger partial charge is 0.245 e. The number of hydrogen-bond acceptors (Lipinski definition) is 4. The molecule has 4 aromatic rings. The van der Waals surface area contributed by atoms with E-state index in [0.29, 0.717) is 5.69 Å². The van der Waals surface area contributed by atoms with Crippen molar-refractivity contribution in [1.29, 1.82) is 0 Å². The van der Waals surface area contributed by atoms with Crippen LogP contribution in [0.1, 0.15) is 17.2 Å². The lowest BCUT2D eigenvalue weighted by molar-refractivity contribution is -0.117. The van der Waals surface area contributed by atoms with Gasteiger partial charge in [-0.3, -0.25) is 14.9 Å². The minimum atomic E-state index is -0.769. The molecule has 29 heavy (non-hydrogen) atoms. The Morgan fingerprint density at radius 2 is 1.86 bits per heavy atom. The molecule has 6 heteroatoms. The minimum absolute atomic E-state index is 0.268. The predicted molar refractivity (Wildman–Crippen MR) is 114 cm³/mol. The summed E-state index contributed by atoms with van der Waals surface area (Å²) in [6, 6.07) is 18.4. The Morgan fingerprint density at radius 1 is 1.03 bits per heavy atom. The summed E-state index contributed by atoms with van der Waals surface area (Å²) in [5, 5.41) is 9.63. The van der Waals surface area contributed by atoms with E-state index in [4.69, 9.17) is 5.73 Å². The summed E-state index contributed by atoms with van der Waals surface area (Å²) >= 11 is 0. The lowest BCUT2D eigenvalue weighted by Gasteiger charge is -2.14. The first-order valence-corrected chi connectivity index (χ1v) is 9.29. The van der Waals surface area contributed by atoms with Gasteiger partial charge in [0.15, 0.2) is 0 Å². The van der Waals surface area contributed by atoms with Gasteiger partial charge < -0.3 is 11.1 Å². The van der Waals surface area contributed by atoms with Gasteiger partial charge in [0.1, 0.15) is 6.04 Å². The fraction of sp³-hybridized carbons (Fsp3) is 0.0870. The number of carbonyl (C=O) groups is 1. The molecule has 2 aromatic heterocycles. The molecule has 1 amide bonds. The molecule has 0 aliphatic heterocycles. The van der Waals surface area contributed by atoms with E-state index in [1.807, 2.05) is 73.8 Å². The second-order valence-corrected chi connectivity index (χ2v) is 6.88. The first-order chi connectivity index (χ1) is 14.1. The zero-order chi connectivity index (χ0) is 20.2. The maximum Gasteiger partial charge on any atom is 0.245 e. The Balaban J connectivity index is 1.48. The fourth-order valence-electron chi connectivity index (χ4n) is 3.11. The lowest BCUT2D eigenvalue weighted by atomic mass is 10.0. The molecule has 0 bridgehead atoms. The monoisotopic (exact) mass is 383 g/mol. The Labute approximate surface area is 168 Å². The van der Waals surface area contributed by atoms with Crippen molar-refractivity contribution in [3.8, 4) is 22.4 Å². The highest BCUT2D eigenvalue weighted by atomic mass is 16.2. The van der Waals surface area contributed by atoms with Crippen LogP contribution in [0.25, 0.3) is 22.4 Å². The maximum absolute atomic E-state index is 12.7. The molecule has 0 saturated carbocycles. The van der Waals surface area contributed by atoms with E-state index in [9.17, 15) is 4.79 Å². The third-order valence-corrected chi connectivity index (χ3v) is 4.73. The number of benzene rings is 2. The van der Waals surface area contributed by atoms with E-state index in [-0.39, 0.29) is 5.91 Å². The van der Waals surface area contributed by atoms with Gasteiger partial charge in [-0.2, -0.15) is 5.10 Å². The molecule has 1 atom stereocenters. The van der Waals surface area contributed by atoms with Crippen LogP contribution >= 0.6 is 0 Å². The standard InChI is InChI=1S/C23H21N5O/c1-15-9-10-25-21(11-15)18-3-2-4-20(12-18)28-23(29)22(24)17-7-5-16(6-8-17)19-13-26-27-14-19/h2-14,22H,24H2,1H3,(H,26,27)(H,28,29). The van der Waals surface area contributed by atoms with Crippen LogP contribution in [0.4, 0.5) is 5.69 Å². The first kappa shape index (κ1) is 18.6. The summed E-state index contributed by atoms with van der Waals surface area (Å²) in [6.45, 7) is 2.02. The third-order valence-electron chi connectivity index (χ3n) is 4.73. The molecular formula is C23H21N5O. The molecule has 0 saturated heterocycles. The van der Waals surface area contributed by atoms with Crippen LogP contribution in [-0.2, 0) is 4.79 Å². The summed E-state index contributed by atoms with van der Waals surface area (Å²) in [6.07, 6.45) is 5.34. The number of aryl methyl sites for hydroxylation is 1. The van der Waals surface area contributed by atoms with Gasteiger partial charge in [-0.15, -0.1) is 0 Å². The Hall–Kier alpha value is -3.77. The van der Waals surface area contributed by atoms with Gasteiger partial charge in [0.2, 0.25) is 5.91 Å². The predicted octanol–water partition coefficient (Wildman–Crippen LogP) is 4.09. The molecule has 0 aliphatic carbocycles. The van der Waals surface area contributed by atoms with Gasteiger partial charge in [0, 0.05) is 29.2 Å². The molecule has 144 valence electrons. The van der Waals surface area contributed by atoms with Crippen molar-refractivity contribution in [3.63, 3.8) is 0 Å². The van der Waals surface area contributed by atoms with Crippen molar-refractivity contribution >= 4 is 11.6 Å². The number of nitrogens with zero attached hydrogens (tertiary/aromatic N) is 2. The number of nitrogens with two attached hydrogens (primary N) is 1. The average molecular weight is 383 g/mol. The molecular weight excluding hydrogens is 362 g/mol. The molecule has 4 rings (SSSR count). The summed E-state index contributed by atoms with van der Waals surface area (Å²) in [5.74, 6) is -0.268. The minimum Gasteiger partial charge on any atom is -0.324 e. The van der Waals surface area contributed by atoms with Crippen molar-refractivity contribution in [1.82, 2.24) is 15.2 Å². The molecule has 0 fully saturated rings. The number of pyridine rings is 1. The van der Waals surface area contributed by atoms with Crippen molar-refractivity contribution in [2.75, 3.05) is 5.32 Å². The second-order valence-electron chi connectivity index (χ2n) is 6.88. The molecule has 4 N–H and O–H groups in total. The topological polar surface area (TPSA) is 96.7 Å². The van der Waals surface area contributed by atoms with Crippen LogP contribution in [0, 0.1) is 6.92 Å². The lowest BCUT2D eigenvalue weighted by Crippen LogP contribution is -2.27. The van der Waals surface area contributed by atoms with Crippen molar-refractivity contribution in [2.45, 2.75) is 13.0 Å². The molecule has 2 aromatic carbocycles. The van der Waals surface area contributed by atoms with Crippen molar-refractivity contribution in [2.24, 2.45) is 5.73 Å². The average Bonchev–Trinajstić information content (AvgIpc) is 3.28. The van der Waals surface area contributed by atoms with Crippen LogP contribution < -0.4 is 11.1 Å². The number of rotatable bonds is 5. The zero-order valence-corrected chi connectivity index (χ0v) is 16.0. The number of H-pyrrole nitrogens is 1. The molecule has 6 nitrogen and oxygen atoms in total. The quantitative estimate of drug-likeness (QED) is 0.484. The van der Waals surface area contributed by atoms with Crippen LogP contribution in [0.2, 0.25) is 0 Å². The highest BCUT2D eigenvalue weighted by Crippen LogP contribution is 2.24. The number of aromatic amines is 1. The fourth-order valence-corrected chi connectivity index (χ4v) is 3.11. The maximum atomic E-state index is 12.7. The van der Waals surface area contributed by atoms with Crippen LogP contribution in [0.3, 0.4) is 0 Å². The summed E-state index contributed by atoms with van der Waals surface area (Å²) in [5.41, 5.74) is 12.5. The molecule has 0 aliphatic rings. The highest BCUT2D eigenvalue weighted by Gasteiger charge is 2.16. The molecule has 2 heterocycles. The number of nitrogens with one attached hydrogen (secondary N) is 2. The van der Waals surface area contributed by atoms with E-state index in [2.05, 4.69) is 20.5 Å². The number of anilines is 1. The SMILES string of the molecule is Cc1ccnc(-c2cccc(NC(=O)C(N)c3ccc(-c4cn[nH]c4)cc3)c2)c1. The van der Waals surface area contributed by atoms with Gasteiger partial charge >= 0.3 is 0 Å². The van der Waals surface area contributed by atoms with Crippen LogP contribution in [0.15, 0.2) is 79.3 Å². The van der Waals surface area contributed by atoms with Gasteiger partial charge in [-0.1, -0.05) is 36.4 Å². The van der Waals surface area contributed by atoms with Crippen molar-refractivity contribution in [3.05, 3.63) is 90.4 Å². The second kappa shape index (κ2) is 8.08. The molecule has 1 unspecified atom stereocenters. The van der Waals surface area contributed by atoms with Crippen LogP contribution in [-0.4, -0.2) is 21.1 Å². The normalized spacial score (nSPS) is 11.8. The third kappa shape index (κ3) is 4.23. The summed E-state index contributed by atoms with van der Waals surface area (Å²) in [7, 11) is 0. The van der Waals surface area contributed by atoms with E-state index < -0.39 is 6.04 Å².